The van der Waals surface area contributed by atoms with Crippen LogP contribution in [0.3, 0.4) is 0 Å². The largest absolute Gasteiger partial charge is 0.481 e. The molecule has 1 atom stereocenters. The van der Waals surface area contributed by atoms with Crippen molar-refractivity contribution >= 4 is 11.9 Å². The highest BCUT2D eigenvalue weighted by Gasteiger charge is 2.35. The maximum Gasteiger partial charge on any atom is 0.416 e. The van der Waals surface area contributed by atoms with Gasteiger partial charge in [-0.3, -0.25) is 14.4 Å². The van der Waals surface area contributed by atoms with Crippen molar-refractivity contribution in [3.05, 3.63) is 91.9 Å². The fourth-order valence-corrected chi connectivity index (χ4v) is 6.86. The lowest BCUT2D eigenvalue weighted by molar-refractivity contribution is -0.138. The summed E-state index contributed by atoms with van der Waals surface area (Å²) in [6.45, 7) is 4.05. The molecule has 2 aromatic carbocycles. The lowest BCUT2D eigenvalue weighted by atomic mass is 9.89. The Bertz CT molecular complexity index is 1790. The molecule has 1 saturated heterocycles. The molecule has 3 N–H and O–H groups in total. The van der Waals surface area contributed by atoms with Gasteiger partial charge in [0.15, 0.2) is 0 Å². The van der Waals surface area contributed by atoms with E-state index in [0.717, 1.165) is 36.3 Å². The zero-order valence-electron chi connectivity index (χ0n) is 29.0. The first kappa shape index (κ1) is 40.6. The quantitative estimate of drug-likeness (QED) is 0.0951. The molecule has 1 fully saturated rings. The zero-order valence-corrected chi connectivity index (χ0v) is 29.0. The van der Waals surface area contributed by atoms with Crippen LogP contribution in [0.4, 0.5) is 30.7 Å². The Balaban J connectivity index is 1.40. The number of unbranched alkanes of at least 4 members (excludes halogenated alkanes) is 4. The Hall–Kier alpha value is -4.20. The molecule has 4 rings (SSSR count). The molecular formula is C38H44F7N3O4. The number of primary amides is 1. The second-order valence-electron chi connectivity index (χ2n) is 13.5. The van der Waals surface area contributed by atoms with Gasteiger partial charge in [-0.05, 0) is 129 Å². The number of hydrogen-bond acceptors (Lipinski definition) is 4. The van der Waals surface area contributed by atoms with Gasteiger partial charge in [0.05, 0.1) is 11.1 Å². The van der Waals surface area contributed by atoms with E-state index in [1.165, 1.54) is 18.2 Å². The monoisotopic (exact) mass is 739 g/mol. The molecule has 1 aliphatic rings. The Labute approximate surface area is 297 Å². The highest BCUT2D eigenvalue weighted by Crippen LogP contribution is 2.36. The maximum absolute atomic E-state index is 14.8. The third-order valence-corrected chi connectivity index (χ3v) is 9.62. The van der Waals surface area contributed by atoms with E-state index in [-0.39, 0.29) is 36.0 Å². The summed E-state index contributed by atoms with van der Waals surface area (Å²) in [6, 6.07) is 4.30. The van der Waals surface area contributed by atoms with E-state index >= 15 is 0 Å². The van der Waals surface area contributed by atoms with Crippen LogP contribution in [0.5, 0.6) is 0 Å². The van der Waals surface area contributed by atoms with Crippen molar-refractivity contribution in [3.63, 3.8) is 0 Å². The minimum absolute atomic E-state index is 0.0617. The molecule has 0 bridgehead atoms. The van der Waals surface area contributed by atoms with Crippen molar-refractivity contribution in [1.29, 1.82) is 0 Å². The average molecular weight is 740 g/mol. The molecule has 0 aliphatic carbocycles. The van der Waals surface area contributed by atoms with E-state index in [1.54, 1.807) is 6.92 Å². The first-order valence-corrected chi connectivity index (χ1v) is 17.5. The molecule has 1 amide bonds. The van der Waals surface area contributed by atoms with Gasteiger partial charge in [-0.25, -0.2) is 17.6 Å². The van der Waals surface area contributed by atoms with Gasteiger partial charge in [0.1, 0.15) is 17.7 Å². The highest BCUT2D eigenvalue weighted by atomic mass is 19.4. The van der Waals surface area contributed by atoms with Gasteiger partial charge in [-0.2, -0.15) is 13.2 Å². The molecule has 1 aliphatic heterocycles. The molecule has 1 aromatic heterocycles. The topological polar surface area (TPSA) is 106 Å². The van der Waals surface area contributed by atoms with Crippen molar-refractivity contribution in [2.75, 3.05) is 19.6 Å². The molecule has 284 valence electrons. The number of halogens is 7. The van der Waals surface area contributed by atoms with Crippen molar-refractivity contribution in [2.24, 2.45) is 5.73 Å². The minimum atomic E-state index is -4.73. The van der Waals surface area contributed by atoms with Crippen LogP contribution >= 0.6 is 0 Å². The van der Waals surface area contributed by atoms with Gasteiger partial charge in [0, 0.05) is 18.7 Å². The first-order valence-electron chi connectivity index (χ1n) is 17.5. The van der Waals surface area contributed by atoms with E-state index in [1.807, 2.05) is 0 Å². The highest BCUT2D eigenvalue weighted by molar-refractivity contribution is 5.78. The molecule has 0 radical (unpaired) electrons. The number of carboxylic acids is 1. The van der Waals surface area contributed by atoms with Gasteiger partial charge in [-0.1, -0.05) is 25.7 Å². The van der Waals surface area contributed by atoms with Crippen LogP contribution in [0.25, 0.3) is 11.1 Å². The summed E-state index contributed by atoms with van der Waals surface area (Å²) < 4.78 is 99.3. The fourth-order valence-electron chi connectivity index (χ4n) is 6.86. The van der Waals surface area contributed by atoms with Crippen LogP contribution in [0.2, 0.25) is 0 Å². The predicted octanol–water partition coefficient (Wildman–Crippen LogP) is 8.32. The smallest absolute Gasteiger partial charge is 0.416 e. The van der Waals surface area contributed by atoms with Gasteiger partial charge in [-0.15, -0.1) is 0 Å². The number of alkyl halides is 5. The van der Waals surface area contributed by atoms with E-state index < -0.39 is 65.3 Å². The summed E-state index contributed by atoms with van der Waals surface area (Å²) in [5, 5.41) is 9.05. The normalized spacial score (nSPS) is 14.1. The first-order chi connectivity index (χ1) is 24.6. The maximum atomic E-state index is 14.8. The van der Waals surface area contributed by atoms with E-state index in [9.17, 15) is 45.1 Å². The molecule has 2 heterocycles. The molecule has 52 heavy (non-hydrogen) atoms. The molecular weight excluding hydrogens is 695 g/mol. The number of nitrogens with zero attached hydrogens (tertiary/aromatic N) is 2. The Morgan fingerprint density at radius 2 is 1.56 bits per heavy atom. The van der Waals surface area contributed by atoms with Crippen LogP contribution < -0.4 is 11.3 Å². The number of carbonyl (C=O) groups is 2. The lowest BCUT2D eigenvalue weighted by Crippen LogP contribution is -2.38. The van der Waals surface area contributed by atoms with Gasteiger partial charge >= 0.3 is 12.1 Å². The number of aliphatic carboxylic acids is 1. The number of likely N-dealkylation sites (tertiary alicyclic amines) is 1. The summed E-state index contributed by atoms with van der Waals surface area (Å²) in [5.41, 5.74) is 4.22. The number of rotatable bonds is 19. The summed E-state index contributed by atoms with van der Waals surface area (Å²) in [7, 11) is 0. The van der Waals surface area contributed by atoms with Crippen LogP contribution in [0, 0.1) is 18.6 Å². The van der Waals surface area contributed by atoms with Crippen LogP contribution in [-0.4, -0.2) is 46.1 Å². The van der Waals surface area contributed by atoms with Crippen molar-refractivity contribution in [1.82, 2.24) is 9.47 Å². The summed E-state index contributed by atoms with van der Waals surface area (Å²) >= 11 is 0. The van der Waals surface area contributed by atoms with Gasteiger partial charge in [0.25, 0.3) is 12.0 Å². The standard InChI is InChI=1S/C38H44F7N3O4/c1-23-17-28(39)19-24(34(23)27-18-25(12-13-33(50)51)35(40)29(20-27)36(41)42)9-5-3-2-4-6-11-31(37(46)52)48-22-26(10-7-14-47-15-8-16-47)30(21-32(48)49)38(43,44)45/h17-22,31,36H,2-16H2,1H3,(H2,46,52)(H,50,51). The summed E-state index contributed by atoms with van der Waals surface area (Å²) in [5.74, 6) is -3.74. The number of aryl methyl sites for hydroxylation is 4. The molecule has 0 saturated carbocycles. The van der Waals surface area contributed by atoms with E-state index in [4.69, 9.17) is 10.8 Å². The van der Waals surface area contributed by atoms with Crippen molar-refractivity contribution < 1.29 is 45.4 Å². The number of hydrogen-bond donors (Lipinski definition) is 2. The second-order valence-corrected chi connectivity index (χ2v) is 13.5. The summed E-state index contributed by atoms with van der Waals surface area (Å²) in [4.78, 5) is 38.4. The lowest BCUT2D eigenvalue weighted by Gasteiger charge is -2.30. The molecule has 0 spiro atoms. The van der Waals surface area contributed by atoms with Crippen LogP contribution in [0.15, 0.2) is 41.3 Å². The van der Waals surface area contributed by atoms with E-state index in [2.05, 4.69) is 4.90 Å². The van der Waals surface area contributed by atoms with Crippen molar-refractivity contribution in [3.8, 4) is 11.1 Å². The molecule has 3 aromatic rings. The third-order valence-electron chi connectivity index (χ3n) is 9.62. The number of nitrogens with two attached hydrogens (primary N) is 1. The average Bonchev–Trinajstić information content (AvgIpc) is 3.02. The van der Waals surface area contributed by atoms with Crippen LogP contribution in [-0.2, 0) is 35.0 Å². The van der Waals surface area contributed by atoms with Gasteiger partial charge < -0.3 is 20.3 Å². The fraction of sp³-hybridized carbons (Fsp3) is 0.500. The number of amides is 1. The predicted molar refractivity (Wildman–Crippen MR) is 182 cm³/mol. The number of benzene rings is 2. The zero-order chi connectivity index (χ0) is 38.2. The second kappa shape index (κ2) is 18.0. The van der Waals surface area contributed by atoms with Crippen molar-refractivity contribution in [2.45, 2.75) is 103 Å². The number of pyridine rings is 1. The Morgan fingerprint density at radius 3 is 2.17 bits per heavy atom. The Morgan fingerprint density at radius 1 is 0.885 bits per heavy atom. The third kappa shape index (κ3) is 10.7. The van der Waals surface area contributed by atoms with Gasteiger partial charge in [0.2, 0.25) is 5.91 Å². The SMILES string of the molecule is Cc1cc(F)cc(CCCCCCCC(C(N)=O)n2cc(CCCN3CCC3)c(C(F)(F)F)cc2=O)c1-c1cc(CCC(=O)O)c(F)c(C(F)F)c1. The number of carboxylic acid groups (broad SMARTS) is 1. The Kier molecular flexibility index (Phi) is 14.1. The molecule has 14 heteroatoms. The number of carbonyl (C=O) groups excluding carboxylic acids is 1. The molecule has 1 unspecified atom stereocenters. The van der Waals surface area contributed by atoms with Crippen LogP contribution in [0.1, 0.15) is 104 Å². The summed E-state index contributed by atoms with van der Waals surface area (Å²) in [6.07, 6.45) is -2.51. The molecule has 7 nitrogen and oxygen atoms in total. The van der Waals surface area contributed by atoms with E-state index in [0.29, 0.717) is 74.2 Å². The minimum Gasteiger partial charge on any atom is -0.481 e. The number of aromatic nitrogens is 1.